The molecule has 3 fully saturated rings. The van der Waals surface area contributed by atoms with E-state index in [1.807, 2.05) is 0 Å². The Morgan fingerprint density at radius 2 is 2.22 bits per heavy atom. The minimum Gasteiger partial charge on any atom is -0.303 e. The number of nitrogens with zero attached hydrogens (tertiary/aromatic N) is 1. The lowest BCUT2D eigenvalue weighted by Gasteiger charge is -2.25. The van der Waals surface area contributed by atoms with Gasteiger partial charge in [-0.2, -0.15) is 0 Å². The van der Waals surface area contributed by atoms with Crippen LogP contribution in [0.1, 0.15) is 19.3 Å². The summed E-state index contributed by atoms with van der Waals surface area (Å²) in [5, 5.41) is 0. The molecule has 2 bridgehead atoms. The van der Waals surface area contributed by atoms with Gasteiger partial charge in [0.15, 0.2) is 0 Å². The van der Waals surface area contributed by atoms with Gasteiger partial charge in [-0.3, -0.25) is 0 Å². The number of piperidine rings is 1. The van der Waals surface area contributed by atoms with Gasteiger partial charge in [0.25, 0.3) is 0 Å². The van der Waals surface area contributed by atoms with E-state index < -0.39 is 0 Å². The Balaban J connectivity index is 2.03. The Labute approximate surface area is 57.0 Å². The van der Waals surface area contributed by atoms with Crippen LogP contribution in [0, 0.1) is 12.3 Å². The third-order valence-electron chi connectivity index (χ3n) is 2.56. The maximum Gasteiger partial charge on any atom is 0.00155 e. The topological polar surface area (TPSA) is 3.24 Å². The molecule has 0 aliphatic carbocycles. The third kappa shape index (κ3) is 1.11. The Hall–Kier alpha value is -0.0400. The van der Waals surface area contributed by atoms with Crippen molar-refractivity contribution in [2.75, 3.05) is 19.6 Å². The van der Waals surface area contributed by atoms with E-state index in [4.69, 9.17) is 0 Å². The summed E-state index contributed by atoms with van der Waals surface area (Å²) < 4.78 is 0. The molecule has 0 spiro atoms. The maximum atomic E-state index is 2.56. The molecule has 0 aromatic rings. The highest BCUT2D eigenvalue weighted by Gasteiger charge is 2.22. The van der Waals surface area contributed by atoms with Gasteiger partial charge in [-0.15, -0.1) is 0 Å². The fourth-order valence-corrected chi connectivity index (χ4v) is 1.90. The van der Waals surface area contributed by atoms with Crippen LogP contribution in [0.3, 0.4) is 0 Å². The van der Waals surface area contributed by atoms with Crippen molar-refractivity contribution in [1.82, 2.24) is 4.90 Å². The summed E-state index contributed by atoms with van der Waals surface area (Å²) >= 11 is 0. The number of hydrogen-bond donors (Lipinski definition) is 0. The smallest absolute Gasteiger partial charge is 0.00155 e. The van der Waals surface area contributed by atoms with Crippen molar-refractivity contribution in [3.05, 3.63) is 6.42 Å². The molecule has 3 aliphatic heterocycles. The molecule has 9 heavy (non-hydrogen) atoms. The first kappa shape index (κ1) is 5.72. The van der Waals surface area contributed by atoms with Crippen molar-refractivity contribution in [2.45, 2.75) is 19.3 Å². The predicted molar refractivity (Wildman–Crippen MR) is 38.1 cm³/mol. The summed E-state index contributed by atoms with van der Waals surface area (Å²) in [5.41, 5.74) is 0. The average molecular weight is 124 g/mol. The van der Waals surface area contributed by atoms with E-state index in [0.29, 0.717) is 0 Å². The minimum atomic E-state index is 0.976. The van der Waals surface area contributed by atoms with E-state index >= 15 is 0 Å². The van der Waals surface area contributed by atoms with Gasteiger partial charge < -0.3 is 4.90 Å². The Morgan fingerprint density at radius 3 is 3.00 bits per heavy atom. The summed E-state index contributed by atoms with van der Waals surface area (Å²) in [6, 6.07) is 0. The first-order valence-electron chi connectivity index (χ1n) is 4.01. The lowest BCUT2D eigenvalue weighted by molar-refractivity contribution is 0.269. The van der Waals surface area contributed by atoms with Crippen LogP contribution in [-0.4, -0.2) is 24.5 Å². The van der Waals surface area contributed by atoms with E-state index in [-0.39, 0.29) is 0 Å². The molecule has 0 saturated carbocycles. The standard InChI is InChI=1S/C8H14N/c1-2-8-3-6-9(5-1)7-4-8/h3,8H,1-2,4-7H2. The lowest BCUT2D eigenvalue weighted by Crippen LogP contribution is -2.30. The fraction of sp³-hybridized carbons (Fsp3) is 0.875. The van der Waals surface area contributed by atoms with Crippen LogP contribution in [0.15, 0.2) is 0 Å². The molecule has 3 saturated heterocycles. The second-order valence-electron chi connectivity index (χ2n) is 3.23. The Bertz CT molecular complexity index is 75.2. The third-order valence-corrected chi connectivity index (χ3v) is 2.56. The number of hydrogen-bond acceptors (Lipinski definition) is 1. The van der Waals surface area contributed by atoms with Crippen LogP contribution >= 0.6 is 0 Å². The molecule has 0 N–H and O–H groups in total. The lowest BCUT2D eigenvalue weighted by atomic mass is 9.96. The predicted octanol–water partition coefficient (Wildman–Crippen LogP) is 1.31. The minimum absolute atomic E-state index is 0.976. The monoisotopic (exact) mass is 124 g/mol. The molecule has 0 aromatic heterocycles. The van der Waals surface area contributed by atoms with Crippen molar-refractivity contribution in [3.8, 4) is 0 Å². The Morgan fingerprint density at radius 1 is 1.22 bits per heavy atom. The van der Waals surface area contributed by atoms with E-state index in [1.165, 1.54) is 38.9 Å². The molecular weight excluding hydrogens is 110 g/mol. The van der Waals surface area contributed by atoms with E-state index in [2.05, 4.69) is 11.3 Å². The molecule has 3 heterocycles. The van der Waals surface area contributed by atoms with Gasteiger partial charge in [-0.25, -0.2) is 0 Å². The largest absolute Gasteiger partial charge is 0.303 e. The quantitative estimate of drug-likeness (QED) is 0.470. The molecule has 0 aromatic carbocycles. The molecule has 1 heteroatoms. The van der Waals surface area contributed by atoms with Gasteiger partial charge in [0, 0.05) is 6.54 Å². The zero-order valence-electron chi connectivity index (χ0n) is 5.84. The van der Waals surface area contributed by atoms with Crippen LogP contribution in [-0.2, 0) is 0 Å². The summed E-state index contributed by atoms with van der Waals surface area (Å²) in [5.74, 6) is 0.976. The molecule has 0 amide bonds. The number of rotatable bonds is 0. The van der Waals surface area contributed by atoms with Gasteiger partial charge in [0.05, 0.1) is 0 Å². The molecular formula is C8H14N. The first-order valence-corrected chi connectivity index (χ1v) is 4.01. The van der Waals surface area contributed by atoms with Crippen LogP contribution in [0.5, 0.6) is 0 Å². The zero-order chi connectivity index (χ0) is 6.10. The van der Waals surface area contributed by atoms with Crippen molar-refractivity contribution in [3.63, 3.8) is 0 Å². The molecule has 2 atom stereocenters. The Kier molecular flexibility index (Phi) is 1.46. The summed E-state index contributed by atoms with van der Waals surface area (Å²) in [4.78, 5) is 2.56. The molecule has 1 nitrogen and oxygen atoms in total. The van der Waals surface area contributed by atoms with Crippen molar-refractivity contribution in [1.29, 1.82) is 0 Å². The van der Waals surface area contributed by atoms with E-state index in [9.17, 15) is 0 Å². The highest BCUT2D eigenvalue weighted by Crippen LogP contribution is 2.24. The van der Waals surface area contributed by atoms with Gasteiger partial charge in [-0.05, 0) is 44.7 Å². The van der Waals surface area contributed by atoms with E-state index in [1.54, 1.807) is 0 Å². The highest BCUT2D eigenvalue weighted by molar-refractivity contribution is 4.88. The molecule has 3 rings (SSSR count). The molecule has 1 radical (unpaired) electrons. The van der Waals surface area contributed by atoms with Crippen LogP contribution in [0.4, 0.5) is 0 Å². The van der Waals surface area contributed by atoms with Crippen molar-refractivity contribution < 1.29 is 0 Å². The van der Waals surface area contributed by atoms with Gasteiger partial charge >= 0.3 is 0 Å². The van der Waals surface area contributed by atoms with E-state index in [0.717, 1.165) is 5.92 Å². The molecule has 51 valence electrons. The van der Waals surface area contributed by atoms with Crippen LogP contribution < -0.4 is 0 Å². The average Bonchev–Trinajstić information content (AvgIpc) is 2.21. The normalized spacial score (nSPS) is 42.7. The summed E-state index contributed by atoms with van der Waals surface area (Å²) in [6.45, 7) is 3.98. The van der Waals surface area contributed by atoms with Crippen LogP contribution in [0.25, 0.3) is 0 Å². The summed E-state index contributed by atoms with van der Waals surface area (Å²) in [6.07, 6.45) is 6.81. The maximum absolute atomic E-state index is 2.56. The fourth-order valence-electron chi connectivity index (χ4n) is 1.90. The highest BCUT2D eigenvalue weighted by atomic mass is 15.1. The molecule has 3 aliphatic rings. The second-order valence-corrected chi connectivity index (χ2v) is 3.23. The second kappa shape index (κ2) is 2.30. The van der Waals surface area contributed by atoms with Crippen LogP contribution in [0.2, 0.25) is 0 Å². The van der Waals surface area contributed by atoms with Crippen molar-refractivity contribution in [2.24, 2.45) is 5.92 Å². The van der Waals surface area contributed by atoms with Gasteiger partial charge in [-0.1, -0.05) is 0 Å². The molecule has 2 unspecified atom stereocenters. The van der Waals surface area contributed by atoms with Crippen molar-refractivity contribution >= 4 is 0 Å². The first-order chi connectivity index (χ1) is 4.45. The van der Waals surface area contributed by atoms with Gasteiger partial charge in [0.1, 0.15) is 0 Å². The summed E-state index contributed by atoms with van der Waals surface area (Å²) in [7, 11) is 0. The zero-order valence-corrected chi connectivity index (χ0v) is 5.84. The van der Waals surface area contributed by atoms with Gasteiger partial charge in [0.2, 0.25) is 0 Å². The SMILES string of the molecule is [CH]1CN2CCCC1CC2. The number of fused-ring (bicyclic) bond motifs is 4.